The second-order valence-electron chi connectivity index (χ2n) is 9.58. The molecule has 3 rings (SSSR count). The number of carbonyl (C=O) groups excluding carboxylic acids is 1. The lowest BCUT2D eigenvalue weighted by Crippen LogP contribution is -2.48. The molecule has 1 aromatic carbocycles. The van der Waals surface area contributed by atoms with Crippen molar-refractivity contribution in [1.29, 1.82) is 10.8 Å². The molecule has 2 amide bonds. The molecule has 0 aromatic heterocycles. The van der Waals surface area contributed by atoms with Gasteiger partial charge in [-0.1, -0.05) is 19.9 Å². The summed E-state index contributed by atoms with van der Waals surface area (Å²) in [4.78, 5) is 15.9. The number of allylic oxidation sites excluding steroid dienone is 2. The summed E-state index contributed by atoms with van der Waals surface area (Å²) < 4.78 is 28.5. The molecule has 2 aliphatic rings. The summed E-state index contributed by atoms with van der Waals surface area (Å²) in [5, 5.41) is 17.4. The van der Waals surface area contributed by atoms with Crippen LogP contribution in [0.1, 0.15) is 45.1 Å². The van der Waals surface area contributed by atoms with Crippen molar-refractivity contribution in [2.45, 2.75) is 39.5 Å². The first-order valence-corrected chi connectivity index (χ1v) is 11.4. The smallest absolute Gasteiger partial charge is 0.319 e. The molecule has 7 heteroatoms. The van der Waals surface area contributed by atoms with Crippen molar-refractivity contribution in [3.8, 4) is 0 Å². The second kappa shape index (κ2) is 9.92. The summed E-state index contributed by atoms with van der Waals surface area (Å²) in [5.41, 5.74) is 0.582. The van der Waals surface area contributed by atoms with Gasteiger partial charge in [0.2, 0.25) is 0 Å². The van der Waals surface area contributed by atoms with E-state index in [2.05, 4.69) is 13.8 Å². The Labute approximate surface area is 189 Å². The van der Waals surface area contributed by atoms with Crippen molar-refractivity contribution in [2.24, 2.45) is 23.7 Å². The maximum Gasteiger partial charge on any atom is 0.319 e. The molecular weight excluding hydrogens is 410 g/mol. The molecular formula is C25H34F2N4O. The van der Waals surface area contributed by atoms with Gasteiger partial charge in [0.1, 0.15) is 11.6 Å². The van der Waals surface area contributed by atoms with E-state index >= 15 is 0 Å². The first-order chi connectivity index (χ1) is 15.1. The van der Waals surface area contributed by atoms with Gasteiger partial charge in [0.15, 0.2) is 0 Å². The number of halogens is 2. The largest absolute Gasteiger partial charge is 0.331 e. The van der Waals surface area contributed by atoms with E-state index in [0.717, 1.165) is 44.4 Å². The Kier molecular flexibility index (Phi) is 7.47. The molecule has 174 valence electrons. The van der Waals surface area contributed by atoms with E-state index in [-0.39, 0.29) is 41.0 Å². The van der Waals surface area contributed by atoms with Gasteiger partial charge in [-0.15, -0.1) is 0 Å². The number of rotatable bonds is 4. The summed E-state index contributed by atoms with van der Waals surface area (Å²) in [7, 11) is 3.49. The maximum absolute atomic E-state index is 14.3. The van der Waals surface area contributed by atoms with E-state index in [4.69, 9.17) is 10.8 Å². The molecule has 2 N–H and O–H groups in total. The standard InChI is InChI=1S/C25H34F2N4O/c1-15(2)17-10-11-18(16-7-6-12-31(14-16)25(32)30(3)4)24(29)19(17)13-22(28)23-20(26)8-5-9-21(23)27/h5,8-9,13,15-18,28-29H,6-7,10-12,14H2,1-4H3/b19-13-,28-22?,29-24?/t16-,17?,18?/m0/s1. The van der Waals surface area contributed by atoms with E-state index < -0.39 is 11.6 Å². The number of likely N-dealkylation sites (tertiary alicyclic amines) is 1. The highest BCUT2D eigenvalue weighted by Gasteiger charge is 2.39. The van der Waals surface area contributed by atoms with Gasteiger partial charge in [0.05, 0.1) is 11.3 Å². The molecule has 0 bridgehead atoms. The average Bonchev–Trinajstić information content (AvgIpc) is 2.74. The number of urea groups is 1. The third-order valence-electron chi connectivity index (χ3n) is 6.89. The molecule has 1 heterocycles. The normalized spacial score (nSPS) is 25.3. The van der Waals surface area contributed by atoms with Crippen molar-refractivity contribution in [3.63, 3.8) is 0 Å². The van der Waals surface area contributed by atoms with Gasteiger partial charge in [-0.3, -0.25) is 0 Å². The Morgan fingerprint density at radius 1 is 1.19 bits per heavy atom. The Morgan fingerprint density at radius 2 is 1.84 bits per heavy atom. The first kappa shape index (κ1) is 24.1. The number of benzene rings is 1. The van der Waals surface area contributed by atoms with Crippen LogP contribution >= 0.6 is 0 Å². The molecule has 1 aromatic rings. The molecule has 32 heavy (non-hydrogen) atoms. The molecule has 1 aliphatic heterocycles. The number of carbonyl (C=O) groups is 1. The minimum absolute atomic E-state index is 0.00957. The molecule has 1 saturated heterocycles. The SMILES string of the molecule is CC(C)C1CCC([C@H]2CCCN(C(=O)N(C)C)C2)C(=N)/C1=C\C(=N)c1c(F)cccc1F. The summed E-state index contributed by atoms with van der Waals surface area (Å²) in [5.74, 6) is -1.06. The molecule has 2 unspecified atom stereocenters. The van der Waals surface area contributed by atoms with Crippen molar-refractivity contribution in [1.82, 2.24) is 9.80 Å². The average molecular weight is 445 g/mol. The van der Waals surface area contributed by atoms with Crippen LogP contribution in [0, 0.1) is 46.1 Å². The Balaban J connectivity index is 1.89. The summed E-state index contributed by atoms with van der Waals surface area (Å²) in [6.45, 7) is 5.50. The molecule has 0 spiro atoms. The molecule has 1 saturated carbocycles. The minimum atomic E-state index is -0.767. The number of nitrogens with zero attached hydrogens (tertiary/aromatic N) is 2. The summed E-state index contributed by atoms with van der Waals surface area (Å²) in [6.07, 6.45) is 5.07. The zero-order valence-corrected chi connectivity index (χ0v) is 19.4. The number of nitrogens with one attached hydrogen (secondary N) is 2. The Morgan fingerprint density at radius 3 is 2.44 bits per heavy atom. The van der Waals surface area contributed by atoms with Gasteiger partial charge < -0.3 is 20.6 Å². The van der Waals surface area contributed by atoms with Crippen LogP contribution in [-0.4, -0.2) is 54.4 Å². The van der Waals surface area contributed by atoms with Crippen LogP contribution in [0.4, 0.5) is 13.6 Å². The highest BCUT2D eigenvalue weighted by Crippen LogP contribution is 2.41. The lowest BCUT2D eigenvalue weighted by Gasteiger charge is -2.42. The van der Waals surface area contributed by atoms with Crippen molar-refractivity contribution in [3.05, 3.63) is 47.0 Å². The fraction of sp³-hybridized carbons (Fsp3) is 0.560. The monoisotopic (exact) mass is 444 g/mol. The zero-order valence-electron chi connectivity index (χ0n) is 19.4. The number of hydrogen-bond acceptors (Lipinski definition) is 3. The van der Waals surface area contributed by atoms with Gasteiger partial charge in [-0.25, -0.2) is 13.6 Å². The van der Waals surface area contributed by atoms with E-state index in [1.165, 1.54) is 12.1 Å². The van der Waals surface area contributed by atoms with Gasteiger partial charge in [-0.2, -0.15) is 0 Å². The fourth-order valence-electron chi connectivity index (χ4n) is 5.20. The third-order valence-corrected chi connectivity index (χ3v) is 6.89. The topological polar surface area (TPSA) is 71.2 Å². The van der Waals surface area contributed by atoms with Crippen LogP contribution < -0.4 is 0 Å². The molecule has 0 radical (unpaired) electrons. The van der Waals surface area contributed by atoms with E-state index in [9.17, 15) is 13.6 Å². The Hall–Kier alpha value is -2.57. The Bertz CT molecular complexity index is 904. The van der Waals surface area contributed by atoms with E-state index in [1.54, 1.807) is 19.0 Å². The highest BCUT2D eigenvalue weighted by molar-refractivity contribution is 6.13. The van der Waals surface area contributed by atoms with Crippen molar-refractivity contribution >= 4 is 17.5 Å². The van der Waals surface area contributed by atoms with Gasteiger partial charge >= 0.3 is 6.03 Å². The quantitative estimate of drug-likeness (QED) is 0.604. The van der Waals surface area contributed by atoms with Crippen LogP contribution in [0.25, 0.3) is 0 Å². The third kappa shape index (κ3) is 4.92. The van der Waals surface area contributed by atoms with Crippen molar-refractivity contribution < 1.29 is 13.6 Å². The molecule has 5 nitrogen and oxygen atoms in total. The zero-order chi connectivity index (χ0) is 23.6. The number of amides is 2. The summed E-state index contributed by atoms with van der Waals surface area (Å²) in [6, 6.07) is 3.58. The molecule has 3 atom stereocenters. The predicted molar refractivity (Wildman–Crippen MR) is 123 cm³/mol. The first-order valence-electron chi connectivity index (χ1n) is 11.4. The lowest BCUT2D eigenvalue weighted by atomic mass is 9.67. The van der Waals surface area contributed by atoms with E-state index in [1.807, 2.05) is 4.90 Å². The minimum Gasteiger partial charge on any atom is -0.331 e. The number of hydrogen-bond donors (Lipinski definition) is 2. The number of piperidine rings is 1. The fourth-order valence-corrected chi connectivity index (χ4v) is 5.20. The molecule has 2 fully saturated rings. The predicted octanol–water partition coefficient (Wildman–Crippen LogP) is 5.35. The van der Waals surface area contributed by atoms with Gasteiger partial charge in [-0.05, 0) is 67.2 Å². The molecule has 1 aliphatic carbocycles. The van der Waals surface area contributed by atoms with Gasteiger partial charge in [0, 0.05) is 38.8 Å². The van der Waals surface area contributed by atoms with E-state index in [0.29, 0.717) is 17.8 Å². The van der Waals surface area contributed by atoms with Crippen LogP contribution in [0.5, 0.6) is 0 Å². The lowest BCUT2D eigenvalue weighted by molar-refractivity contribution is 0.129. The van der Waals surface area contributed by atoms with Crippen molar-refractivity contribution in [2.75, 3.05) is 27.2 Å². The summed E-state index contributed by atoms with van der Waals surface area (Å²) >= 11 is 0. The van der Waals surface area contributed by atoms with Gasteiger partial charge in [0.25, 0.3) is 0 Å². The van der Waals surface area contributed by atoms with Crippen LogP contribution in [0.2, 0.25) is 0 Å². The maximum atomic E-state index is 14.3. The van der Waals surface area contributed by atoms with Crippen LogP contribution in [-0.2, 0) is 0 Å². The second-order valence-corrected chi connectivity index (χ2v) is 9.58. The van der Waals surface area contributed by atoms with Crippen LogP contribution in [0.3, 0.4) is 0 Å². The highest BCUT2D eigenvalue weighted by atomic mass is 19.1. The van der Waals surface area contributed by atoms with Crippen LogP contribution in [0.15, 0.2) is 29.8 Å².